The van der Waals surface area contributed by atoms with Gasteiger partial charge in [-0.05, 0) is 56.6 Å². The van der Waals surface area contributed by atoms with Gasteiger partial charge in [0.2, 0.25) is 0 Å². The van der Waals surface area contributed by atoms with E-state index in [2.05, 4.69) is 5.32 Å². The van der Waals surface area contributed by atoms with Crippen molar-refractivity contribution in [3.05, 3.63) is 35.4 Å². The SMILES string of the molecule is CN(C(=O)c1ccc(C(F)(F)F)cc1)C1CCCNCC1. The first-order valence-corrected chi connectivity index (χ1v) is 7.05. The zero-order valence-corrected chi connectivity index (χ0v) is 11.9. The van der Waals surface area contributed by atoms with Crippen molar-refractivity contribution in [2.45, 2.75) is 31.5 Å². The molecule has 1 heterocycles. The van der Waals surface area contributed by atoms with Crippen LogP contribution in [0.25, 0.3) is 0 Å². The Hall–Kier alpha value is -1.56. The van der Waals surface area contributed by atoms with Crippen molar-refractivity contribution < 1.29 is 18.0 Å². The number of carbonyl (C=O) groups excluding carboxylic acids is 1. The predicted molar refractivity (Wildman–Crippen MR) is 74.0 cm³/mol. The molecular formula is C15H19F3N2O. The van der Waals surface area contributed by atoms with Crippen LogP contribution in [0.4, 0.5) is 13.2 Å². The van der Waals surface area contributed by atoms with E-state index >= 15 is 0 Å². The Balaban J connectivity index is 2.08. The molecule has 1 amide bonds. The van der Waals surface area contributed by atoms with Crippen LogP contribution >= 0.6 is 0 Å². The molecule has 1 fully saturated rings. The summed E-state index contributed by atoms with van der Waals surface area (Å²) in [6.45, 7) is 1.80. The second-order valence-electron chi connectivity index (χ2n) is 5.33. The number of alkyl halides is 3. The van der Waals surface area contributed by atoms with Crippen molar-refractivity contribution in [3.8, 4) is 0 Å². The van der Waals surface area contributed by atoms with Gasteiger partial charge in [0.25, 0.3) is 5.91 Å². The van der Waals surface area contributed by atoms with Gasteiger partial charge in [-0.2, -0.15) is 13.2 Å². The quantitative estimate of drug-likeness (QED) is 0.911. The summed E-state index contributed by atoms with van der Waals surface area (Å²) in [5.74, 6) is -0.226. The van der Waals surface area contributed by atoms with Gasteiger partial charge in [0.05, 0.1) is 5.56 Å². The van der Waals surface area contributed by atoms with Gasteiger partial charge in [0, 0.05) is 18.7 Å². The molecule has 1 aliphatic heterocycles. The zero-order chi connectivity index (χ0) is 15.5. The Morgan fingerprint density at radius 1 is 1.19 bits per heavy atom. The Bertz CT molecular complexity index is 477. The minimum absolute atomic E-state index is 0.134. The zero-order valence-electron chi connectivity index (χ0n) is 11.9. The molecule has 1 saturated heterocycles. The van der Waals surface area contributed by atoms with E-state index in [0.29, 0.717) is 5.56 Å². The first kappa shape index (κ1) is 15.8. The number of hydrogen-bond donors (Lipinski definition) is 1. The molecule has 1 unspecified atom stereocenters. The lowest BCUT2D eigenvalue weighted by Crippen LogP contribution is -2.37. The van der Waals surface area contributed by atoms with E-state index in [1.54, 1.807) is 11.9 Å². The number of amides is 1. The molecule has 21 heavy (non-hydrogen) atoms. The molecule has 0 spiro atoms. The molecule has 116 valence electrons. The largest absolute Gasteiger partial charge is 0.416 e. The molecule has 0 bridgehead atoms. The van der Waals surface area contributed by atoms with Crippen molar-refractivity contribution in [1.82, 2.24) is 10.2 Å². The molecule has 0 radical (unpaired) electrons. The molecule has 1 aliphatic rings. The lowest BCUT2D eigenvalue weighted by molar-refractivity contribution is -0.137. The molecule has 3 nitrogen and oxygen atoms in total. The fourth-order valence-corrected chi connectivity index (χ4v) is 2.56. The average molecular weight is 300 g/mol. The molecule has 1 N–H and O–H groups in total. The van der Waals surface area contributed by atoms with Crippen molar-refractivity contribution in [3.63, 3.8) is 0 Å². The maximum absolute atomic E-state index is 12.5. The summed E-state index contributed by atoms with van der Waals surface area (Å²) in [4.78, 5) is 14.0. The summed E-state index contributed by atoms with van der Waals surface area (Å²) in [6.07, 6.45) is -1.60. The van der Waals surface area contributed by atoms with E-state index in [9.17, 15) is 18.0 Å². The first-order chi connectivity index (χ1) is 9.89. The second-order valence-corrected chi connectivity index (χ2v) is 5.33. The van der Waals surface area contributed by atoms with E-state index in [4.69, 9.17) is 0 Å². The van der Waals surface area contributed by atoms with Crippen LogP contribution in [0.5, 0.6) is 0 Å². The van der Waals surface area contributed by atoms with Crippen molar-refractivity contribution in [2.24, 2.45) is 0 Å². The van der Waals surface area contributed by atoms with E-state index in [0.717, 1.165) is 44.5 Å². The fourth-order valence-electron chi connectivity index (χ4n) is 2.56. The molecule has 1 aromatic carbocycles. The highest BCUT2D eigenvalue weighted by atomic mass is 19.4. The Kier molecular flexibility index (Phi) is 4.88. The molecular weight excluding hydrogens is 281 g/mol. The third-order valence-electron chi connectivity index (χ3n) is 3.87. The van der Waals surface area contributed by atoms with Gasteiger partial charge in [-0.3, -0.25) is 4.79 Å². The highest BCUT2D eigenvalue weighted by molar-refractivity contribution is 5.94. The third-order valence-corrected chi connectivity index (χ3v) is 3.87. The summed E-state index contributed by atoms with van der Waals surface area (Å²) in [5, 5.41) is 3.27. The number of rotatable bonds is 2. The van der Waals surface area contributed by atoms with Crippen LogP contribution < -0.4 is 5.32 Å². The second kappa shape index (κ2) is 6.47. The molecule has 1 aromatic rings. The Morgan fingerprint density at radius 2 is 1.86 bits per heavy atom. The number of hydrogen-bond acceptors (Lipinski definition) is 2. The van der Waals surface area contributed by atoms with Crippen LogP contribution in [0.15, 0.2) is 24.3 Å². The van der Waals surface area contributed by atoms with Gasteiger partial charge in [-0.25, -0.2) is 0 Å². The molecule has 2 rings (SSSR count). The summed E-state index contributed by atoms with van der Waals surface area (Å²) >= 11 is 0. The fraction of sp³-hybridized carbons (Fsp3) is 0.533. The van der Waals surface area contributed by atoms with Gasteiger partial charge < -0.3 is 10.2 Å². The van der Waals surface area contributed by atoms with Crippen LogP contribution in [0.2, 0.25) is 0 Å². The van der Waals surface area contributed by atoms with Gasteiger partial charge in [-0.15, -0.1) is 0 Å². The number of carbonyl (C=O) groups is 1. The monoisotopic (exact) mass is 300 g/mol. The van der Waals surface area contributed by atoms with E-state index < -0.39 is 11.7 Å². The third kappa shape index (κ3) is 3.97. The standard InChI is InChI=1S/C15H19F3N2O/c1-20(13-3-2-9-19-10-8-13)14(21)11-4-6-12(7-5-11)15(16,17)18/h4-7,13,19H,2-3,8-10H2,1H3. The van der Waals surface area contributed by atoms with Gasteiger partial charge >= 0.3 is 6.18 Å². The Morgan fingerprint density at radius 3 is 2.48 bits per heavy atom. The molecule has 0 saturated carbocycles. The summed E-state index contributed by atoms with van der Waals surface area (Å²) in [6, 6.07) is 4.54. The average Bonchev–Trinajstić information content (AvgIpc) is 2.74. The first-order valence-electron chi connectivity index (χ1n) is 7.05. The minimum Gasteiger partial charge on any atom is -0.339 e. The maximum atomic E-state index is 12.5. The van der Waals surface area contributed by atoms with Crippen molar-refractivity contribution >= 4 is 5.91 Å². The molecule has 0 aliphatic carbocycles. The summed E-state index contributed by atoms with van der Waals surface area (Å²) in [7, 11) is 1.72. The normalized spacial score (nSPS) is 19.9. The highest BCUT2D eigenvalue weighted by Crippen LogP contribution is 2.29. The predicted octanol–water partition coefficient (Wildman–Crippen LogP) is 2.92. The lowest BCUT2D eigenvalue weighted by Gasteiger charge is -2.27. The molecule has 1 atom stereocenters. The number of benzene rings is 1. The van der Waals surface area contributed by atoms with Crippen LogP contribution in [-0.4, -0.2) is 37.0 Å². The molecule has 0 aromatic heterocycles. The summed E-state index contributed by atoms with van der Waals surface area (Å²) < 4.78 is 37.5. The van der Waals surface area contributed by atoms with Crippen LogP contribution in [-0.2, 0) is 6.18 Å². The van der Waals surface area contributed by atoms with E-state index in [1.165, 1.54) is 12.1 Å². The lowest BCUT2D eigenvalue weighted by atomic mass is 10.1. The van der Waals surface area contributed by atoms with Gasteiger partial charge in [-0.1, -0.05) is 0 Å². The van der Waals surface area contributed by atoms with Crippen molar-refractivity contribution in [1.29, 1.82) is 0 Å². The smallest absolute Gasteiger partial charge is 0.339 e. The number of halogens is 3. The van der Waals surface area contributed by atoms with Crippen LogP contribution in [0.1, 0.15) is 35.2 Å². The van der Waals surface area contributed by atoms with Crippen LogP contribution in [0.3, 0.4) is 0 Å². The number of nitrogens with zero attached hydrogens (tertiary/aromatic N) is 1. The highest BCUT2D eigenvalue weighted by Gasteiger charge is 2.30. The van der Waals surface area contributed by atoms with Crippen molar-refractivity contribution in [2.75, 3.05) is 20.1 Å². The molecule has 6 heteroatoms. The van der Waals surface area contributed by atoms with E-state index in [1.807, 2.05) is 0 Å². The van der Waals surface area contributed by atoms with E-state index in [-0.39, 0.29) is 11.9 Å². The Labute approximate surface area is 122 Å². The number of nitrogens with one attached hydrogen (secondary N) is 1. The summed E-state index contributed by atoms with van der Waals surface area (Å²) in [5.41, 5.74) is -0.442. The van der Waals surface area contributed by atoms with Gasteiger partial charge in [0.15, 0.2) is 0 Å². The topological polar surface area (TPSA) is 32.3 Å². The maximum Gasteiger partial charge on any atom is 0.416 e. The van der Waals surface area contributed by atoms with Gasteiger partial charge in [0.1, 0.15) is 0 Å². The van der Waals surface area contributed by atoms with Crippen LogP contribution in [0, 0.1) is 0 Å². The minimum atomic E-state index is -4.37.